The molecule has 4 rings (SSSR count). The Morgan fingerprint density at radius 2 is 1.96 bits per heavy atom. The fraction of sp³-hybridized carbons (Fsp3) is 0.478. The molecule has 2 aromatic rings. The molecule has 4 unspecified atom stereocenters. The molecule has 26 heavy (non-hydrogen) atoms. The summed E-state index contributed by atoms with van der Waals surface area (Å²) < 4.78 is 5.58. The molecule has 0 radical (unpaired) electrons. The number of hydrogen-bond acceptors (Lipinski definition) is 3. The van der Waals surface area contributed by atoms with Gasteiger partial charge in [-0.15, -0.1) is 0 Å². The molecule has 3 heteroatoms. The van der Waals surface area contributed by atoms with Crippen molar-refractivity contribution in [2.75, 3.05) is 7.11 Å². The van der Waals surface area contributed by atoms with Gasteiger partial charge in [0.15, 0.2) is 0 Å². The van der Waals surface area contributed by atoms with Gasteiger partial charge in [0.25, 0.3) is 0 Å². The second-order valence-electron chi connectivity index (χ2n) is 7.90. The van der Waals surface area contributed by atoms with Crippen molar-refractivity contribution in [3.8, 4) is 5.75 Å². The summed E-state index contributed by atoms with van der Waals surface area (Å²) in [5.41, 5.74) is 3.93. The van der Waals surface area contributed by atoms with Crippen molar-refractivity contribution in [3.05, 3.63) is 65.2 Å². The van der Waals surface area contributed by atoms with Gasteiger partial charge >= 0.3 is 0 Å². The summed E-state index contributed by atoms with van der Waals surface area (Å²) in [6.07, 6.45) is 5.30. The minimum atomic E-state index is 0.385. The van der Waals surface area contributed by atoms with Gasteiger partial charge in [-0.25, -0.2) is 0 Å². The van der Waals surface area contributed by atoms with Gasteiger partial charge in [-0.3, -0.25) is 0 Å². The van der Waals surface area contributed by atoms with Crippen LogP contribution in [0.5, 0.6) is 5.75 Å². The first-order valence-corrected chi connectivity index (χ1v) is 9.92. The highest BCUT2D eigenvalue weighted by atomic mass is 16.5. The van der Waals surface area contributed by atoms with E-state index >= 15 is 0 Å². The van der Waals surface area contributed by atoms with E-state index in [-0.39, 0.29) is 0 Å². The lowest BCUT2D eigenvalue weighted by molar-refractivity contribution is 0.127. The molecule has 2 aliphatic rings. The predicted octanol–water partition coefficient (Wildman–Crippen LogP) is 4.37. The van der Waals surface area contributed by atoms with Crippen molar-refractivity contribution in [1.82, 2.24) is 10.6 Å². The molecule has 2 fully saturated rings. The Kier molecular flexibility index (Phi) is 5.28. The van der Waals surface area contributed by atoms with Gasteiger partial charge in [-0.2, -0.15) is 0 Å². The van der Waals surface area contributed by atoms with Crippen molar-refractivity contribution < 1.29 is 4.74 Å². The van der Waals surface area contributed by atoms with Crippen LogP contribution in [0.15, 0.2) is 48.5 Å². The van der Waals surface area contributed by atoms with Gasteiger partial charge < -0.3 is 15.4 Å². The van der Waals surface area contributed by atoms with Crippen LogP contribution in [-0.2, 0) is 6.54 Å². The third-order valence-corrected chi connectivity index (χ3v) is 6.12. The Bertz CT molecular complexity index is 730. The largest absolute Gasteiger partial charge is 0.496 e. The Labute approximate surface area is 157 Å². The molecule has 138 valence electrons. The van der Waals surface area contributed by atoms with E-state index in [0.717, 1.165) is 18.2 Å². The van der Waals surface area contributed by atoms with Gasteiger partial charge in [-0.05, 0) is 43.7 Å². The number of piperidine rings is 1. The van der Waals surface area contributed by atoms with Crippen molar-refractivity contribution in [1.29, 1.82) is 0 Å². The molecule has 1 aliphatic heterocycles. The number of hydrogen-bond donors (Lipinski definition) is 2. The van der Waals surface area contributed by atoms with E-state index in [2.05, 4.69) is 66.1 Å². The molecular weight excluding hydrogens is 320 g/mol. The van der Waals surface area contributed by atoms with Crippen molar-refractivity contribution >= 4 is 0 Å². The standard InChI is InChI=1S/C23H30N2O/c1-16-11-12-21(26-2)19(13-16)15-24-22-18-9-6-10-20(14-18)25-23(22)17-7-4-3-5-8-17/h3-5,7-8,11-13,18,20,22-25H,6,9-10,14-15H2,1-2H3. The second kappa shape index (κ2) is 7.81. The minimum absolute atomic E-state index is 0.385. The maximum Gasteiger partial charge on any atom is 0.123 e. The van der Waals surface area contributed by atoms with Crippen LogP contribution in [0.3, 0.4) is 0 Å². The number of benzene rings is 2. The molecule has 1 heterocycles. The monoisotopic (exact) mass is 350 g/mol. The highest BCUT2D eigenvalue weighted by Gasteiger charge is 2.39. The highest BCUT2D eigenvalue weighted by Crippen LogP contribution is 2.38. The first kappa shape index (κ1) is 17.6. The fourth-order valence-electron chi connectivity index (χ4n) is 4.86. The van der Waals surface area contributed by atoms with Crippen molar-refractivity contribution in [3.63, 3.8) is 0 Å². The quantitative estimate of drug-likeness (QED) is 0.840. The van der Waals surface area contributed by atoms with Crippen LogP contribution in [-0.4, -0.2) is 19.2 Å². The highest BCUT2D eigenvalue weighted by molar-refractivity contribution is 5.37. The van der Waals surface area contributed by atoms with Gasteiger partial charge in [0, 0.05) is 30.2 Å². The molecule has 2 aromatic carbocycles. The maximum atomic E-state index is 5.58. The lowest BCUT2D eigenvalue weighted by Gasteiger charge is -2.47. The van der Waals surface area contributed by atoms with Crippen molar-refractivity contribution in [2.24, 2.45) is 5.92 Å². The summed E-state index contributed by atoms with van der Waals surface area (Å²) in [5.74, 6) is 1.72. The molecule has 1 saturated heterocycles. The molecule has 4 atom stereocenters. The zero-order valence-corrected chi connectivity index (χ0v) is 15.9. The van der Waals surface area contributed by atoms with Gasteiger partial charge in [0.2, 0.25) is 0 Å². The fourth-order valence-corrected chi connectivity index (χ4v) is 4.86. The number of ether oxygens (including phenoxy) is 1. The molecule has 2 N–H and O–H groups in total. The zero-order valence-electron chi connectivity index (χ0n) is 15.9. The number of fused-ring (bicyclic) bond motifs is 2. The smallest absolute Gasteiger partial charge is 0.123 e. The van der Waals surface area contributed by atoms with E-state index < -0.39 is 0 Å². The van der Waals surface area contributed by atoms with Crippen molar-refractivity contribution in [2.45, 2.75) is 57.3 Å². The van der Waals surface area contributed by atoms with E-state index in [1.807, 2.05) is 0 Å². The molecule has 0 amide bonds. The van der Waals surface area contributed by atoms with Crippen LogP contribution in [0.2, 0.25) is 0 Å². The SMILES string of the molecule is COc1ccc(C)cc1CNC1C2CCCC(C2)NC1c1ccccc1. The first-order chi connectivity index (χ1) is 12.7. The van der Waals surface area contributed by atoms with Gasteiger partial charge in [-0.1, -0.05) is 54.4 Å². The number of aryl methyl sites for hydroxylation is 1. The number of rotatable bonds is 5. The summed E-state index contributed by atoms with van der Waals surface area (Å²) in [7, 11) is 1.76. The summed E-state index contributed by atoms with van der Waals surface area (Å²) in [4.78, 5) is 0. The predicted molar refractivity (Wildman–Crippen MR) is 106 cm³/mol. The van der Waals surface area contributed by atoms with E-state index in [9.17, 15) is 0 Å². The average molecular weight is 351 g/mol. The van der Waals surface area contributed by atoms with Crippen LogP contribution in [0.25, 0.3) is 0 Å². The Hall–Kier alpha value is -1.84. The molecule has 0 spiro atoms. The molecule has 1 aliphatic carbocycles. The number of nitrogens with one attached hydrogen (secondary N) is 2. The molecular formula is C23H30N2O. The lowest BCUT2D eigenvalue weighted by atomic mass is 9.73. The third-order valence-electron chi connectivity index (χ3n) is 6.12. The summed E-state index contributed by atoms with van der Waals surface area (Å²) in [6, 6.07) is 18.9. The Morgan fingerprint density at radius 1 is 1.12 bits per heavy atom. The maximum absolute atomic E-state index is 5.58. The molecule has 2 bridgehead atoms. The average Bonchev–Trinajstić information content (AvgIpc) is 2.68. The minimum Gasteiger partial charge on any atom is -0.496 e. The third kappa shape index (κ3) is 3.65. The van der Waals surface area contributed by atoms with Crippen LogP contribution in [0.1, 0.15) is 48.4 Å². The van der Waals surface area contributed by atoms with E-state index in [0.29, 0.717) is 18.1 Å². The molecule has 3 nitrogen and oxygen atoms in total. The summed E-state index contributed by atoms with van der Waals surface area (Å²) in [5, 5.41) is 7.84. The van der Waals surface area contributed by atoms with E-state index in [4.69, 9.17) is 4.74 Å². The Morgan fingerprint density at radius 3 is 2.77 bits per heavy atom. The van der Waals surface area contributed by atoms with E-state index in [1.165, 1.54) is 42.4 Å². The van der Waals surface area contributed by atoms with Crippen LogP contribution in [0, 0.1) is 12.8 Å². The zero-order chi connectivity index (χ0) is 17.9. The van der Waals surface area contributed by atoms with Crippen LogP contribution >= 0.6 is 0 Å². The van der Waals surface area contributed by atoms with Crippen LogP contribution in [0.4, 0.5) is 0 Å². The summed E-state index contributed by atoms with van der Waals surface area (Å²) in [6.45, 7) is 2.99. The summed E-state index contributed by atoms with van der Waals surface area (Å²) >= 11 is 0. The molecule has 0 aromatic heterocycles. The first-order valence-electron chi connectivity index (χ1n) is 9.92. The Balaban J connectivity index is 1.56. The van der Waals surface area contributed by atoms with Gasteiger partial charge in [0.1, 0.15) is 5.75 Å². The normalized spacial score (nSPS) is 27.9. The number of methoxy groups -OCH3 is 1. The van der Waals surface area contributed by atoms with E-state index in [1.54, 1.807) is 7.11 Å². The second-order valence-corrected chi connectivity index (χ2v) is 7.90. The van der Waals surface area contributed by atoms with Crippen LogP contribution < -0.4 is 15.4 Å². The lowest BCUT2D eigenvalue weighted by Crippen LogP contribution is -2.56. The topological polar surface area (TPSA) is 33.3 Å². The van der Waals surface area contributed by atoms with Gasteiger partial charge in [0.05, 0.1) is 7.11 Å². The molecule has 1 saturated carbocycles.